The number of thioether (sulfide) groups is 1. The molecule has 0 atom stereocenters. The van der Waals surface area contributed by atoms with E-state index in [0.717, 1.165) is 12.0 Å². The first-order valence-corrected chi connectivity index (χ1v) is 7.02. The Morgan fingerprint density at radius 3 is 2.33 bits per heavy atom. The van der Waals surface area contributed by atoms with Crippen LogP contribution in [-0.4, -0.2) is 0 Å². The molecule has 0 radical (unpaired) electrons. The molecule has 0 bridgehead atoms. The smallest absolute Gasteiger partial charge is 0.0254 e. The van der Waals surface area contributed by atoms with E-state index in [1.165, 1.54) is 16.9 Å². The molecule has 0 saturated carbocycles. The lowest BCUT2D eigenvalue weighted by atomic mass is 10.1. The normalized spacial score (nSPS) is 9.61. The molecule has 18 heavy (non-hydrogen) atoms. The first kappa shape index (κ1) is 12.8. The minimum atomic E-state index is 1.08. The number of aryl methyl sites for hydroxylation is 1. The first-order chi connectivity index (χ1) is 8.88. The summed E-state index contributed by atoms with van der Waals surface area (Å²) in [7, 11) is 0. The Balaban J connectivity index is 1.97. The Kier molecular flexibility index (Phi) is 4.93. The fraction of sp³-hybridized carbons (Fsp3) is 0.176. The molecule has 0 heterocycles. The minimum Gasteiger partial charge on any atom is -0.0651 e. The third-order valence-electron chi connectivity index (χ3n) is 2.60. The van der Waals surface area contributed by atoms with Gasteiger partial charge in [0.2, 0.25) is 0 Å². The largest absolute Gasteiger partial charge is 0.0651 e. The van der Waals surface area contributed by atoms with Crippen LogP contribution in [0.4, 0.5) is 0 Å². The molecule has 0 aliphatic heterocycles. The molecule has 90 valence electrons. The zero-order chi connectivity index (χ0) is 12.6. The van der Waals surface area contributed by atoms with Crippen molar-refractivity contribution >= 4 is 11.8 Å². The van der Waals surface area contributed by atoms with Crippen molar-refractivity contribution in [1.82, 2.24) is 0 Å². The van der Waals surface area contributed by atoms with Crippen LogP contribution in [-0.2, 0) is 6.42 Å². The topological polar surface area (TPSA) is 0 Å². The molecule has 2 aromatic rings. The van der Waals surface area contributed by atoms with E-state index >= 15 is 0 Å². The van der Waals surface area contributed by atoms with E-state index in [1.54, 1.807) is 11.8 Å². The van der Waals surface area contributed by atoms with Crippen LogP contribution in [0.1, 0.15) is 24.5 Å². The summed E-state index contributed by atoms with van der Waals surface area (Å²) < 4.78 is 0. The van der Waals surface area contributed by atoms with E-state index in [9.17, 15) is 0 Å². The van der Waals surface area contributed by atoms with E-state index in [1.807, 2.05) is 18.2 Å². The zero-order valence-corrected chi connectivity index (χ0v) is 11.3. The maximum atomic E-state index is 3.18. The SMILES string of the molecule is CCCc1ccc(C#CSc2ccccc2)cc1. The van der Waals surface area contributed by atoms with Gasteiger partial charge in [0.05, 0.1) is 0 Å². The van der Waals surface area contributed by atoms with Crippen molar-refractivity contribution in [1.29, 1.82) is 0 Å². The van der Waals surface area contributed by atoms with Crippen LogP contribution in [0.25, 0.3) is 0 Å². The van der Waals surface area contributed by atoms with Crippen LogP contribution in [0.3, 0.4) is 0 Å². The second-order valence-electron chi connectivity index (χ2n) is 4.09. The summed E-state index contributed by atoms with van der Waals surface area (Å²) in [4.78, 5) is 1.19. The van der Waals surface area contributed by atoms with Crippen molar-refractivity contribution in [2.45, 2.75) is 24.7 Å². The molecule has 0 aliphatic rings. The van der Waals surface area contributed by atoms with Crippen LogP contribution >= 0.6 is 11.8 Å². The molecule has 0 spiro atoms. The highest BCUT2D eigenvalue weighted by atomic mass is 32.2. The van der Waals surface area contributed by atoms with Gasteiger partial charge >= 0.3 is 0 Å². The Labute approximate surface area is 113 Å². The summed E-state index contributed by atoms with van der Waals surface area (Å²) in [5.41, 5.74) is 2.47. The standard InChI is InChI=1S/C17H16S/c1-2-6-15-9-11-16(12-10-15)13-14-18-17-7-4-3-5-8-17/h3-5,7-12H,2,6H2,1H3. The van der Waals surface area contributed by atoms with E-state index in [0.29, 0.717) is 0 Å². The monoisotopic (exact) mass is 252 g/mol. The van der Waals surface area contributed by atoms with Crippen LogP contribution < -0.4 is 0 Å². The summed E-state index contributed by atoms with van der Waals surface area (Å²) in [6.45, 7) is 2.20. The molecule has 1 heteroatoms. The van der Waals surface area contributed by atoms with E-state index in [4.69, 9.17) is 0 Å². The van der Waals surface area contributed by atoms with Crippen molar-refractivity contribution < 1.29 is 0 Å². The Morgan fingerprint density at radius 2 is 1.67 bits per heavy atom. The summed E-state index contributed by atoms with van der Waals surface area (Å²) >= 11 is 1.57. The summed E-state index contributed by atoms with van der Waals surface area (Å²) in [6, 6.07) is 18.8. The third-order valence-corrected chi connectivity index (χ3v) is 3.31. The maximum absolute atomic E-state index is 3.18. The number of hydrogen-bond donors (Lipinski definition) is 0. The predicted molar refractivity (Wildman–Crippen MR) is 79.6 cm³/mol. The molecule has 0 aromatic heterocycles. The molecule has 0 fully saturated rings. The summed E-state index contributed by atoms with van der Waals surface area (Å²) in [6.07, 6.45) is 2.33. The quantitative estimate of drug-likeness (QED) is 0.561. The van der Waals surface area contributed by atoms with Gasteiger partial charge in [-0.25, -0.2) is 0 Å². The Hall–Kier alpha value is -1.65. The molecule has 2 rings (SSSR count). The molecule has 0 N–H and O–H groups in total. The lowest BCUT2D eigenvalue weighted by Crippen LogP contribution is -1.82. The molecule has 0 aliphatic carbocycles. The summed E-state index contributed by atoms with van der Waals surface area (Å²) in [5.74, 6) is 3.18. The van der Waals surface area contributed by atoms with Gasteiger partial charge in [0.25, 0.3) is 0 Å². The van der Waals surface area contributed by atoms with Crippen molar-refractivity contribution in [3.05, 3.63) is 65.7 Å². The van der Waals surface area contributed by atoms with Crippen molar-refractivity contribution in [3.8, 4) is 11.2 Å². The fourth-order valence-corrected chi connectivity index (χ4v) is 2.26. The van der Waals surface area contributed by atoms with E-state index < -0.39 is 0 Å². The van der Waals surface area contributed by atoms with E-state index in [2.05, 4.69) is 54.5 Å². The average molecular weight is 252 g/mol. The highest BCUT2D eigenvalue weighted by Gasteiger charge is 1.91. The predicted octanol–water partition coefficient (Wildman–Crippen LogP) is 4.74. The average Bonchev–Trinajstić information content (AvgIpc) is 2.42. The van der Waals surface area contributed by atoms with Gasteiger partial charge < -0.3 is 0 Å². The first-order valence-electron chi connectivity index (χ1n) is 6.20. The van der Waals surface area contributed by atoms with Gasteiger partial charge in [-0.05, 0) is 53.3 Å². The van der Waals surface area contributed by atoms with Crippen LogP contribution in [0, 0.1) is 11.2 Å². The number of rotatable bonds is 3. The van der Waals surface area contributed by atoms with Crippen molar-refractivity contribution in [3.63, 3.8) is 0 Å². The second kappa shape index (κ2) is 6.93. The van der Waals surface area contributed by atoms with Gasteiger partial charge in [-0.2, -0.15) is 0 Å². The van der Waals surface area contributed by atoms with Crippen molar-refractivity contribution in [2.75, 3.05) is 0 Å². The van der Waals surface area contributed by atoms with Crippen LogP contribution in [0.2, 0.25) is 0 Å². The van der Waals surface area contributed by atoms with E-state index in [-0.39, 0.29) is 0 Å². The van der Waals surface area contributed by atoms with Crippen molar-refractivity contribution in [2.24, 2.45) is 0 Å². The molecule has 0 nitrogen and oxygen atoms in total. The fourth-order valence-electron chi connectivity index (χ4n) is 1.68. The van der Waals surface area contributed by atoms with Gasteiger partial charge in [0, 0.05) is 10.5 Å². The molecular formula is C17H16S. The molecule has 0 amide bonds. The van der Waals surface area contributed by atoms with Crippen LogP contribution in [0.5, 0.6) is 0 Å². The van der Waals surface area contributed by atoms with Crippen LogP contribution in [0.15, 0.2) is 59.5 Å². The van der Waals surface area contributed by atoms with Gasteiger partial charge in [0.1, 0.15) is 0 Å². The highest BCUT2D eigenvalue weighted by molar-refractivity contribution is 8.03. The molecule has 0 unspecified atom stereocenters. The van der Waals surface area contributed by atoms with Gasteiger partial charge in [0.15, 0.2) is 0 Å². The van der Waals surface area contributed by atoms with Gasteiger partial charge in [-0.15, -0.1) is 0 Å². The van der Waals surface area contributed by atoms with Gasteiger partial charge in [-0.1, -0.05) is 49.6 Å². The zero-order valence-electron chi connectivity index (χ0n) is 10.5. The molecule has 0 saturated heterocycles. The second-order valence-corrected chi connectivity index (χ2v) is 4.97. The summed E-state index contributed by atoms with van der Waals surface area (Å²) in [5, 5.41) is 3.14. The third kappa shape index (κ3) is 3.98. The lowest BCUT2D eigenvalue weighted by molar-refractivity contribution is 0.922. The molecule has 2 aromatic carbocycles. The number of hydrogen-bond acceptors (Lipinski definition) is 1. The highest BCUT2D eigenvalue weighted by Crippen LogP contribution is 2.15. The Bertz CT molecular complexity index is 529. The maximum Gasteiger partial charge on any atom is 0.0254 e. The van der Waals surface area contributed by atoms with Gasteiger partial charge in [-0.3, -0.25) is 0 Å². The Morgan fingerprint density at radius 1 is 0.944 bits per heavy atom. The minimum absolute atomic E-state index is 1.08. The molecular weight excluding hydrogens is 236 g/mol. The number of benzene rings is 2. The lowest BCUT2D eigenvalue weighted by Gasteiger charge is -1.97.